The Kier molecular flexibility index (Phi) is 2.55. The van der Waals surface area contributed by atoms with Crippen molar-refractivity contribution in [2.75, 3.05) is 31.2 Å². The van der Waals surface area contributed by atoms with E-state index in [1.165, 1.54) is 6.33 Å². The fourth-order valence-corrected chi connectivity index (χ4v) is 2.48. The maximum Gasteiger partial charge on any atom is 0.187 e. The molecule has 0 radical (unpaired) electrons. The highest BCUT2D eigenvalue weighted by Crippen LogP contribution is 2.25. The van der Waals surface area contributed by atoms with Crippen LogP contribution >= 0.6 is 11.3 Å². The Labute approximate surface area is 96.5 Å². The summed E-state index contributed by atoms with van der Waals surface area (Å²) in [4.78, 5) is 10.5. The first-order valence-corrected chi connectivity index (χ1v) is 5.89. The van der Waals surface area contributed by atoms with Gasteiger partial charge in [-0.05, 0) is 0 Å². The molecule has 0 unspecified atom stereocenters. The van der Waals surface area contributed by atoms with E-state index >= 15 is 0 Å². The van der Waals surface area contributed by atoms with Crippen LogP contribution in [0.2, 0.25) is 0 Å². The van der Waals surface area contributed by atoms with Crippen LogP contribution in [0.25, 0.3) is 5.00 Å². The van der Waals surface area contributed by atoms with Crippen LogP contribution in [0.1, 0.15) is 0 Å². The SMILES string of the molecule is c1ncn(-c2cnc(N3CCOCC3)s2)n1. The molecular formula is C9H11N5OS. The summed E-state index contributed by atoms with van der Waals surface area (Å²) in [6, 6.07) is 0. The molecule has 1 fully saturated rings. The van der Waals surface area contributed by atoms with Crippen LogP contribution in [-0.4, -0.2) is 46.1 Å². The summed E-state index contributed by atoms with van der Waals surface area (Å²) in [6.45, 7) is 3.37. The molecule has 6 nitrogen and oxygen atoms in total. The molecule has 0 saturated carbocycles. The van der Waals surface area contributed by atoms with Crippen molar-refractivity contribution in [3.63, 3.8) is 0 Å². The first kappa shape index (κ1) is 9.73. The normalized spacial score (nSPS) is 16.6. The molecule has 0 aliphatic carbocycles. The van der Waals surface area contributed by atoms with Gasteiger partial charge in [0.25, 0.3) is 0 Å². The number of thiazole rings is 1. The van der Waals surface area contributed by atoms with Crippen LogP contribution in [0.5, 0.6) is 0 Å². The molecule has 1 saturated heterocycles. The lowest BCUT2D eigenvalue weighted by Crippen LogP contribution is -2.36. The third-order valence-corrected chi connectivity index (χ3v) is 3.46. The Bertz CT molecular complexity index is 448. The minimum absolute atomic E-state index is 0.776. The van der Waals surface area contributed by atoms with Gasteiger partial charge in [0.05, 0.1) is 19.4 Å². The predicted octanol–water partition coefficient (Wildman–Crippen LogP) is 0.560. The molecule has 2 aromatic rings. The van der Waals surface area contributed by atoms with Gasteiger partial charge < -0.3 is 9.64 Å². The van der Waals surface area contributed by atoms with E-state index < -0.39 is 0 Å². The van der Waals surface area contributed by atoms with Gasteiger partial charge in [-0.1, -0.05) is 11.3 Å². The smallest absolute Gasteiger partial charge is 0.187 e. The lowest BCUT2D eigenvalue weighted by Gasteiger charge is -2.25. The number of hydrogen-bond acceptors (Lipinski definition) is 6. The highest BCUT2D eigenvalue weighted by atomic mass is 32.1. The van der Waals surface area contributed by atoms with Gasteiger partial charge in [0.2, 0.25) is 0 Å². The van der Waals surface area contributed by atoms with E-state index in [0.717, 1.165) is 36.4 Å². The predicted molar refractivity (Wildman–Crippen MR) is 60.1 cm³/mol. The second kappa shape index (κ2) is 4.18. The summed E-state index contributed by atoms with van der Waals surface area (Å²) in [5.74, 6) is 0. The molecule has 0 N–H and O–H groups in total. The Hall–Kier alpha value is -1.47. The summed E-state index contributed by atoms with van der Waals surface area (Å²) >= 11 is 1.62. The Morgan fingerprint density at radius 2 is 2.19 bits per heavy atom. The molecule has 1 aliphatic rings. The quantitative estimate of drug-likeness (QED) is 0.764. The van der Waals surface area contributed by atoms with Gasteiger partial charge in [-0.3, -0.25) is 0 Å². The fraction of sp³-hybridized carbons (Fsp3) is 0.444. The molecule has 84 valence electrons. The molecule has 0 atom stereocenters. The maximum absolute atomic E-state index is 5.31. The second-order valence-electron chi connectivity index (χ2n) is 3.42. The number of anilines is 1. The molecule has 2 aromatic heterocycles. The van der Waals surface area contributed by atoms with E-state index in [4.69, 9.17) is 4.74 Å². The van der Waals surface area contributed by atoms with Crippen molar-refractivity contribution in [3.05, 3.63) is 18.9 Å². The minimum atomic E-state index is 0.776. The molecule has 16 heavy (non-hydrogen) atoms. The summed E-state index contributed by atoms with van der Waals surface area (Å²) in [5, 5.41) is 6.08. The first-order valence-electron chi connectivity index (χ1n) is 5.07. The number of aromatic nitrogens is 4. The van der Waals surface area contributed by atoms with Crippen LogP contribution < -0.4 is 4.90 Å². The molecule has 0 spiro atoms. The summed E-state index contributed by atoms with van der Waals surface area (Å²) in [5.41, 5.74) is 0. The van der Waals surface area contributed by atoms with E-state index in [1.54, 1.807) is 22.3 Å². The molecular weight excluding hydrogens is 226 g/mol. The highest BCUT2D eigenvalue weighted by molar-refractivity contribution is 7.18. The van der Waals surface area contributed by atoms with Crippen LogP contribution in [-0.2, 0) is 4.74 Å². The second-order valence-corrected chi connectivity index (χ2v) is 4.41. The monoisotopic (exact) mass is 237 g/mol. The van der Waals surface area contributed by atoms with Gasteiger partial charge in [0, 0.05) is 13.1 Å². The largest absolute Gasteiger partial charge is 0.378 e. The summed E-state index contributed by atoms with van der Waals surface area (Å²) in [6.07, 6.45) is 5.02. The van der Waals surface area contributed by atoms with Crippen molar-refractivity contribution in [2.24, 2.45) is 0 Å². The Morgan fingerprint density at radius 3 is 2.94 bits per heavy atom. The molecule has 0 amide bonds. The van der Waals surface area contributed by atoms with Crippen LogP contribution in [0, 0.1) is 0 Å². The Balaban J connectivity index is 1.82. The first-order chi connectivity index (χ1) is 7.93. The maximum atomic E-state index is 5.31. The van der Waals surface area contributed by atoms with Crippen LogP contribution in [0.4, 0.5) is 5.13 Å². The third-order valence-electron chi connectivity index (χ3n) is 2.41. The molecule has 0 bridgehead atoms. The zero-order chi connectivity index (χ0) is 10.8. The van der Waals surface area contributed by atoms with Gasteiger partial charge in [-0.15, -0.1) is 0 Å². The van der Waals surface area contributed by atoms with Crippen molar-refractivity contribution >= 4 is 16.5 Å². The van der Waals surface area contributed by atoms with Gasteiger partial charge in [0.15, 0.2) is 5.13 Å². The number of morpholine rings is 1. The molecule has 3 heterocycles. The zero-order valence-electron chi connectivity index (χ0n) is 8.61. The number of hydrogen-bond donors (Lipinski definition) is 0. The molecule has 0 aromatic carbocycles. The van der Waals surface area contributed by atoms with Gasteiger partial charge in [-0.25, -0.2) is 14.6 Å². The van der Waals surface area contributed by atoms with Crippen LogP contribution in [0.15, 0.2) is 18.9 Å². The summed E-state index contributed by atoms with van der Waals surface area (Å²) in [7, 11) is 0. The van der Waals surface area contributed by atoms with E-state index in [0.29, 0.717) is 0 Å². The topological polar surface area (TPSA) is 56.1 Å². The number of ether oxygens (including phenoxy) is 1. The highest BCUT2D eigenvalue weighted by Gasteiger charge is 2.15. The van der Waals surface area contributed by atoms with Crippen molar-refractivity contribution in [1.29, 1.82) is 0 Å². The Morgan fingerprint density at radius 1 is 1.31 bits per heavy atom. The summed E-state index contributed by atoms with van der Waals surface area (Å²) < 4.78 is 7.03. The number of rotatable bonds is 2. The van der Waals surface area contributed by atoms with Crippen molar-refractivity contribution in [3.8, 4) is 5.00 Å². The third kappa shape index (κ3) is 1.79. The van der Waals surface area contributed by atoms with Crippen molar-refractivity contribution < 1.29 is 4.74 Å². The van der Waals surface area contributed by atoms with Crippen LogP contribution in [0.3, 0.4) is 0 Å². The lowest BCUT2D eigenvalue weighted by molar-refractivity contribution is 0.122. The van der Waals surface area contributed by atoms with E-state index in [2.05, 4.69) is 20.0 Å². The van der Waals surface area contributed by atoms with Gasteiger partial charge >= 0.3 is 0 Å². The molecule has 7 heteroatoms. The van der Waals surface area contributed by atoms with Crippen molar-refractivity contribution in [1.82, 2.24) is 19.7 Å². The lowest BCUT2D eigenvalue weighted by atomic mass is 10.5. The molecule has 3 rings (SSSR count). The average Bonchev–Trinajstić information content (AvgIpc) is 3.01. The van der Waals surface area contributed by atoms with E-state index in [-0.39, 0.29) is 0 Å². The fourth-order valence-electron chi connectivity index (χ4n) is 1.59. The standard InChI is InChI=1S/C9H11N5OS/c1-3-15-4-2-13(1)9-11-5-8(16-9)14-7-10-6-12-14/h5-7H,1-4H2. The minimum Gasteiger partial charge on any atom is -0.378 e. The zero-order valence-corrected chi connectivity index (χ0v) is 9.43. The van der Waals surface area contributed by atoms with E-state index in [9.17, 15) is 0 Å². The van der Waals surface area contributed by atoms with Gasteiger partial charge in [-0.2, -0.15) is 5.10 Å². The number of nitrogens with zero attached hydrogens (tertiary/aromatic N) is 5. The molecule has 1 aliphatic heterocycles. The average molecular weight is 237 g/mol. The van der Waals surface area contributed by atoms with Crippen molar-refractivity contribution in [2.45, 2.75) is 0 Å². The van der Waals surface area contributed by atoms with E-state index in [1.807, 2.05) is 6.20 Å². The van der Waals surface area contributed by atoms with Gasteiger partial charge in [0.1, 0.15) is 17.7 Å².